The van der Waals surface area contributed by atoms with Crippen LogP contribution in [-0.4, -0.2) is 39.9 Å². The van der Waals surface area contributed by atoms with Crippen LogP contribution in [0.25, 0.3) is 5.69 Å². The molecule has 0 saturated heterocycles. The van der Waals surface area contributed by atoms with Crippen LogP contribution in [0, 0.1) is 5.41 Å². The summed E-state index contributed by atoms with van der Waals surface area (Å²) in [6.45, 7) is 4.34. The molecule has 1 heterocycles. The molecular formula is C18H24N4O2. The van der Waals surface area contributed by atoms with Crippen molar-refractivity contribution in [1.29, 1.82) is 0 Å². The molecular weight excluding hydrogens is 304 g/mol. The monoisotopic (exact) mass is 328 g/mol. The summed E-state index contributed by atoms with van der Waals surface area (Å²) in [5, 5.41) is 10.8. The van der Waals surface area contributed by atoms with Gasteiger partial charge in [-0.3, -0.25) is 9.36 Å². The minimum Gasteiger partial charge on any atom is -0.381 e. The van der Waals surface area contributed by atoms with E-state index in [4.69, 9.17) is 4.74 Å². The van der Waals surface area contributed by atoms with Gasteiger partial charge in [0.05, 0.1) is 6.10 Å². The summed E-state index contributed by atoms with van der Waals surface area (Å²) in [6, 6.07) is 7.61. The van der Waals surface area contributed by atoms with Crippen molar-refractivity contribution in [1.82, 2.24) is 20.1 Å². The molecule has 1 aliphatic carbocycles. The van der Waals surface area contributed by atoms with Gasteiger partial charge in [0.2, 0.25) is 0 Å². The highest BCUT2D eigenvalue weighted by atomic mass is 16.5. The topological polar surface area (TPSA) is 69.0 Å². The largest absolute Gasteiger partial charge is 0.381 e. The Labute approximate surface area is 142 Å². The van der Waals surface area contributed by atoms with E-state index in [-0.39, 0.29) is 23.5 Å². The number of amides is 1. The Hall–Kier alpha value is -2.21. The fourth-order valence-electron chi connectivity index (χ4n) is 3.84. The lowest BCUT2D eigenvalue weighted by Crippen LogP contribution is -2.64. The van der Waals surface area contributed by atoms with Crippen LogP contribution in [0.15, 0.2) is 36.9 Å². The number of hydrogen-bond acceptors (Lipinski definition) is 4. The Balaban J connectivity index is 1.69. The molecule has 1 aromatic carbocycles. The van der Waals surface area contributed by atoms with Crippen molar-refractivity contribution in [2.75, 3.05) is 7.11 Å². The van der Waals surface area contributed by atoms with E-state index in [1.165, 1.54) is 0 Å². The first-order valence-corrected chi connectivity index (χ1v) is 8.43. The third-order valence-corrected chi connectivity index (χ3v) is 5.54. The van der Waals surface area contributed by atoms with Crippen molar-refractivity contribution in [3.05, 3.63) is 42.5 Å². The SMILES string of the molecule is CCC1(CC)[C@@H](NC(=O)c2ccc(-n3cnnc3)cc2)C[C@@H]1OC. The smallest absolute Gasteiger partial charge is 0.251 e. The van der Waals surface area contributed by atoms with E-state index in [0.717, 1.165) is 24.9 Å². The van der Waals surface area contributed by atoms with Crippen LogP contribution in [0.1, 0.15) is 43.5 Å². The molecule has 6 heteroatoms. The van der Waals surface area contributed by atoms with Crippen molar-refractivity contribution in [2.24, 2.45) is 5.41 Å². The second-order valence-electron chi connectivity index (χ2n) is 6.34. The molecule has 3 rings (SSSR count). The van der Waals surface area contributed by atoms with E-state index in [2.05, 4.69) is 29.4 Å². The van der Waals surface area contributed by atoms with E-state index in [0.29, 0.717) is 5.56 Å². The van der Waals surface area contributed by atoms with Gasteiger partial charge in [0, 0.05) is 29.8 Å². The highest BCUT2D eigenvalue weighted by Crippen LogP contribution is 2.48. The summed E-state index contributed by atoms with van der Waals surface area (Å²) >= 11 is 0. The quantitative estimate of drug-likeness (QED) is 0.885. The molecule has 0 bridgehead atoms. The van der Waals surface area contributed by atoms with E-state index >= 15 is 0 Å². The highest BCUT2D eigenvalue weighted by Gasteiger charge is 2.53. The molecule has 1 N–H and O–H groups in total. The first-order valence-electron chi connectivity index (χ1n) is 8.43. The average molecular weight is 328 g/mol. The maximum atomic E-state index is 12.6. The minimum absolute atomic E-state index is 0.0314. The Morgan fingerprint density at radius 3 is 2.42 bits per heavy atom. The third kappa shape index (κ3) is 2.71. The Morgan fingerprint density at radius 1 is 1.25 bits per heavy atom. The van der Waals surface area contributed by atoms with Gasteiger partial charge >= 0.3 is 0 Å². The average Bonchev–Trinajstić information content (AvgIpc) is 3.14. The van der Waals surface area contributed by atoms with E-state index in [9.17, 15) is 4.79 Å². The molecule has 1 aliphatic rings. The maximum Gasteiger partial charge on any atom is 0.251 e. The number of carbonyl (C=O) groups is 1. The predicted octanol–water partition coefficient (Wildman–Crippen LogP) is 2.59. The molecule has 1 aromatic heterocycles. The zero-order chi connectivity index (χ0) is 17.2. The number of carbonyl (C=O) groups excluding carboxylic acids is 1. The molecule has 2 aromatic rings. The normalized spacial score (nSPS) is 22.0. The lowest BCUT2D eigenvalue weighted by atomic mass is 9.58. The number of nitrogens with one attached hydrogen (secondary N) is 1. The highest BCUT2D eigenvalue weighted by molar-refractivity contribution is 5.94. The van der Waals surface area contributed by atoms with Gasteiger partial charge in [-0.1, -0.05) is 13.8 Å². The minimum atomic E-state index is -0.0314. The molecule has 128 valence electrons. The molecule has 0 radical (unpaired) electrons. The fourth-order valence-corrected chi connectivity index (χ4v) is 3.84. The Kier molecular flexibility index (Phi) is 4.66. The zero-order valence-corrected chi connectivity index (χ0v) is 14.4. The van der Waals surface area contributed by atoms with Crippen molar-refractivity contribution in [3.63, 3.8) is 0 Å². The predicted molar refractivity (Wildman–Crippen MR) is 91.0 cm³/mol. The van der Waals surface area contributed by atoms with Gasteiger partial charge in [0.25, 0.3) is 5.91 Å². The number of nitrogens with zero attached hydrogens (tertiary/aromatic N) is 3. The lowest BCUT2D eigenvalue weighted by molar-refractivity contribution is -0.120. The molecule has 1 saturated carbocycles. The lowest BCUT2D eigenvalue weighted by Gasteiger charge is -2.55. The second kappa shape index (κ2) is 6.73. The van der Waals surface area contributed by atoms with E-state index in [1.807, 2.05) is 24.3 Å². The van der Waals surface area contributed by atoms with Crippen LogP contribution < -0.4 is 5.32 Å². The van der Waals surface area contributed by atoms with Crippen molar-refractivity contribution < 1.29 is 9.53 Å². The molecule has 0 aliphatic heterocycles. The van der Waals surface area contributed by atoms with Crippen LogP contribution in [0.2, 0.25) is 0 Å². The fraction of sp³-hybridized carbons (Fsp3) is 0.500. The molecule has 1 amide bonds. The number of methoxy groups -OCH3 is 1. The van der Waals surface area contributed by atoms with Gasteiger partial charge in [-0.2, -0.15) is 0 Å². The van der Waals surface area contributed by atoms with Crippen LogP contribution in [0.3, 0.4) is 0 Å². The van der Waals surface area contributed by atoms with Crippen molar-refractivity contribution >= 4 is 5.91 Å². The third-order valence-electron chi connectivity index (χ3n) is 5.54. The first-order chi connectivity index (χ1) is 11.6. The van der Waals surface area contributed by atoms with Gasteiger partial charge < -0.3 is 10.1 Å². The van der Waals surface area contributed by atoms with Gasteiger partial charge in [-0.25, -0.2) is 0 Å². The number of ether oxygens (including phenoxy) is 1. The van der Waals surface area contributed by atoms with Gasteiger partial charge in [-0.05, 0) is 43.5 Å². The van der Waals surface area contributed by atoms with Crippen LogP contribution >= 0.6 is 0 Å². The first kappa shape index (κ1) is 16.6. The molecule has 0 spiro atoms. The summed E-state index contributed by atoms with van der Waals surface area (Å²) in [6.07, 6.45) is 6.37. The zero-order valence-electron chi connectivity index (χ0n) is 14.4. The Morgan fingerprint density at radius 2 is 1.88 bits per heavy atom. The van der Waals surface area contributed by atoms with Gasteiger partial charge in [0.15, 0.2) is 0 Å². The van der Waals surface area contributed by atoms with Crippen LogP contribution in [-0.2, 0) is 4.74 Å². The van der Waals surface area contributed by atoms with Crippen LogP contribution in [0.5, 0.6) is 0 Å². The van der Waals surface area contributed by atoms with Crippen molar-refractivity contribution in [2.45, 2.75) is 45.3 Å². The van der Waals surface area contributed by atoms with E-state index in [1.54, 1.807) is 24.3 Å². The molecule has 24 heavy (non-hydrogen) atoms. The summed E-state index contributed by atoms with van der Waals surface area (Å²) in [7, 11) is 1.76. The van der Waals surface area contributed by atoms with Gasteiger partial charge in [-0.15, -0.1) is 10.2 Å². The number of aromatic nitrogens is 3. The second-order valence-corrected chi connectivity index (χ2v) is 6.34. The van der Waals surface area contributed by atoms with Crippen molar-refractivity contribution in [3.8, 4) is 5.69 Å². The summed E-state index contributed by atoms with van der Waals surface area (Å²) in [4.78, 5) is 12.6. The number of benzene rings is 1. The Bertz CT molecular complexity index is 678. The molecule has 1 fully saturated rings. The summed E-state index contributed by atoms with van der Waals surface area (Å²) in [5.41, 5.74) is 1.64. The maximum absolute atomic E-state index is 12.6. The number of rotatable bonds is 6. The summed E-state index contributed by atoms with van der Waals surface area (Å²) < 4.78 is 7.39. The summed E-state index contributed by atoms with van der Waals surface area (Å²) in [5.74, 6) is -0.0314. The molecule has 6 nitrogen and oxygen atoms in total. The number of hydrogen-bond donors (Lipinski definition) is 1. The molecule has 0 unspecified atom stereocenters. The van der Waals surface area contributed by atoms with Gasteiger partial charge in [0.1, 0.15) is 12.7 Å². The molecule has 2 atom stereocenters. The van der Waals surface area contributed by atoms with E-state index < -0.39 is 0 Å². The standard InChI is InChI=1S/C18H24N4O2/c1-4-18(5-2)15(10-16(18)24-3)21-17(23)13-6-8-14(9-7-13)22-11-19-20-12-22/h6-9,11-12,15-16H,4-5,10H2,1-3H3,(H,21,23)/t15-,16-/m0/s1. The van der Waals surface area contributed by atoms with Crippen LogP contribution in [0.4, 0.5) is 0 Å².